The lowest BCUT2D eigenvalue weighted by Gasteiger charge is -2.12. The Morgan fingerprint density at radius 1 is 1.53 bits per heavy atom. The van der Waals surface area contributed by atoms with Gasteiger partial charge in [-0.05, 0) is 19.1 Å². The second kappa shape index (κ2) is 5.59. The smallest absolute Gasteiger partial charge is 0.318 e. The van der Waals surface area contributed by atoms with Crippen LogP contribution in [0.3, 0.4) is 0 Å². The van der Waals surface area contributed by atoms with E-state index in [-0.39, 0.29) is 5.69 Å². The Labute approximate surface area is 97.0 Å². The number of carbonyl (C=O) groups is 3. The van der Waals surface area contributed by atoms with Gasteiger partial charge in [-0.2, -0.15) is 0 Å². The number of rotatable bonds is 4. The molecule has 3 amide bonds. The Morgan fingerprint density at radius 3 is 2.71 bits per heavy atom. The molecule has 17 heavy (non-hydrogen) atoms. The maximum atomic E-state index is 11.3. The first kappa shape index (κ1) is 12.6. The van der Waals surface area contributed by atoms with Crippen LogP contribution < -0.4 is 15.8 Å². The number of nitrogens with two attached hydrogens (primary N) is 1. The third-order valence-corrected chi connectivity index (χ3v) is 1.81. The molecule has 0 saturated carbocycles. The summed E-state index contributed by atoms with van der Waals surface area (Å²) in [5.41, 5.74) is 5.04. The second-order valence-corrected chi connectivity index (χ2v) is 3.15. The van der Waals surface area contributed by atoms with Gasteiger partial charge in [0.15, 0.2) is 12.4 Å². The summed E-state index contributed by atoms with van der Waals surface area (Å²) in [5, 5.41) is 1.88. The monoisotopic (exact) mass is 237 g/mol. The number of primary amides is 1. The van der Waals surface area contributed by atoms with E-state index in [1.165, 1.54) is 25.3 Å². The van der Waals surface area contributed by atoms with Crippen LogP contribution in [0.1, 0.15) is 17.4 Å². The van der Waals surface area contributed by atoms with Crippen molar-refractivity contribution in [2.24, 2.45) is 5.73 Å². The van der Waals surface area contributed by atoms with Crippen LogP contribution in [0.2, 0.25) is 0 Å². The molecule has 7 nitrogen and oxygen atoms in total. The number of aldehydes is 1. The van der Waals surface area contributed by atoms with Gasteiger partial charge >= 0.3 is 6.03 Å². The van der Waals surface area contributed by atoms with Gasteiger partial charge in [-0.25, -0.2) is 9.78 Å². The van der Waals surface area contributed by atoms with Crippen molar-refractivity contribution in [2.45, 2.75) is 13.0 Å². The van der Waals surface area contributed by atoms with E-state index in [1.54, 1.807) is 0 Å². The number of carbonyl (C=O) groups excluding carboxylic acids is 3. The minimum Gasteiger partial charge on any atom is -0.479 e. The van der Waals surface area contributed by atoms with Gasteiger partial charge in [0, 0.05) is 0 Å². The lowest BCUT2D eigenvalue weighted by atomic mass is 10.3. The quantitative estimate of drug-likeness (QED) is 0.707. The van der Waals surface area contributed by atoms with E-state index in [1.807, 2.05) is 5.32 Å². The molecule has 1 unspecified atom stereocenters. The Balaban J connectivity index is 2.60. The molecular weight excluding hydrogens is 226 g/mol. The summed E-state index contributed by atoms with van der Waals surface area (Å²) >= 11 is 0. The third kappa shape index (κ3) is 3.90. The zero-order valence-electron chi connectivity index (χ0n) is 9.04. The van der Waals surface area contributed by atoms with Gasteiger partial charge in [0.2, 0.25) is 0 Å². The van der Waals surface area contributed by atoms with Gasteiger partial charge < -0.3 is 10.5 Å². The predicted octanol–water partition coefficient (Wildman–Crippen LogP) is -0.144. The van der Waals surface area contributed by atoms with Crippen molar-refractivity contribution in [1.82, 2.24) is 10.3 Å². The fourth-order valence-electron chi connectivity index (χ4n) is 1.01. The van der Waals surface area contributed by atoms with Crippen LogP contribution in [-0.4, -0.2) is 29.3 Å². The first-order valence-electron chi connectivity index (χ1n) is 4.71. The molecule has 1 aromatic rings. The van der Waals surface area contributed by atoms with Gasteiger partial charge in [0.05, 0.1) is 6.20 Å². The molecule has 0 radical (unpaired) electrons. The number of hydrogen-bond donors (Lipinski definition) is 2. The molecule has 7 heteroatoms. The first-order valence-corrected chi connectivity index (χ1v) is 4.71. The molecule has 0 aromatic carbocycles. The number of urea groups is 1. The van der Waals surface area contributed by atoms with Crippen LogP contribution in [0.25, 0.3) is 0 Å². The average molecular weight is 237 g/mol. The van der Waals surface area contributed by atoms with Crippen molar-refractivity contribution in [3.8, 4) is 5.75 Å². The van der Waals surface area contributed by atoms with Gasteiger partial charge in [-0.1, -0.05) is 0 Å². The summed E-state index contributed by atoms with van der Waals surface area (Å²) in [6, 6.07) is 1.99. The molecule has 0 saturated heterocycles. The molecule has 0 spiro atoms. The lowest BCUT2D eigenvalue weighted by Crippen LogP contribution is -2.42. The van der Waals surface area contributed by atoms with Crippen LogP contribution >= 0.6 is 0 Å². The minimum absolute atomic E-state index is 0.256. The summed E-state index contributed by atoms with van der Waals surface area (Å²) in [6.45, 7) is 1.45. The molecular formula is C10H11N3O4. The van der Waals surface area contributed by atoms with Crippen molar-refractivity contribution in [3.05, 3.63) is 24.0 Å². The van der Waals surface area contributed by atoms with E-state index >= 15 is 0 Å². The molecule has 1 heterocycles. The Hall–Kier alpha value is -2.44. The molecule has 90 valence electrons. The van der Waals surface area contributed by atoms with Crippen molar-refractivity contribution >= 4 is 18.2 Å². The summed E-state index contributed by atoms with van der Waals surface area (Å²) in [4.78, 5) is 35.8. The number of imide groups is 1. The average Bonchev–Trinajstić information content (AvgIpc) is 2.29. The number of pyridine rings is 1. The number of nitrogens with one attached hydrogen (secondary N) is 1. The fraction of sp³-hybridized carbons (Fsp3) is 0.200. The van der Waals surface area contributed by atoms with Gasteiger partial charge in [-0.15, -0.1) is 0 Å². The maximum absolute atomic E-state index is 11.3. The Morgan fingerprint density at radius 2 is 2.24 bits per heavy atom. The Kier molecular flexibility index (Phi) is 4.15. The van der Waals surface area contributed by atoms with Crippen LogP contribution in [0, 0.1) is 0 Å². The molecule has 0 aliphatic rings. The maximum Gasteiger partial charge on any atom is 0.318 e. The summed E-state index contributed by atoms with van der Waals surface area (Å²) in [6.07, 6.45) is 0.997. The SMILES string of the molecule is CC(Oc1ccc(C=O)nc1)C(=O)NC(N)=O. The van der Waals surface area contributed by atoms with Crippen molar-refractivity contribution in [2.75, 3.05) is 0 Å². The molecule has 0 aliphatic carbocycles. The normalized spacial score (nSPS) is 11.4. The number of amides is 3. The highest BCUT2D eigenvalue weighted by molar-refractivity contribution is 5.95. The van der Waals surface area contributed by atoms with Crippen LogP contribution in [0.15, 0.2) is 18.3 Å². The zero-order valence-corrected chi connectivity index (χ0v) is 9.04. The van der Waals surface area contributed by atoms with Crippen LogP contribution in [0.4, 0.5) is 4.79 Å². The standard InChI is InChI=1S/C10H11N3O4/c1-6(9(15)13-10(11)16)17-8-3-2-7(5-14)12-4-8/h2-6H,1H3,(H3,11,13,15,16). The molecule has 0 aliphatic heterocycles. The molecule has 0 bridgehead atoms. The predicted molar refractivity (Wildman–Crippen MR) is 57.4 cm³/mol. The highest BCUT2D eigenvalue weighted by atomic mass is 16.5. The van der Waals surface area contributed by atoms with Crippen molar-refractivity contribution < 1.29 is 19.1 Å². The van der Waals surface area contributed by atoms with E-state index < -0.39 is 18.0 Å². The molecule has 0 fully saturated rings. The van der Waals surface area contributed by atoms with Gasteiger partial charge in [-0.3, -0.25) is 14.9 Å². The van der Waals surface area contributed by atoms with E-state index in [0.29, 0.717) is 12.0 Å². The largest absolute Gasteiger partial charge is 0.479 e. The van der Waals surface area contributed by atoms with Crippen LogP contribution in [-0.2, 0) is 4.79 Å². The van der Waals surface area contributed by atoms with Gasteiger partial charge in [0.25, 0.3) is 5.91 Å². The highest BCUT2D eigenvalue weighted by Crippen LogP contribution is 2.10. The van der Waals surface area contributed by atoms with E-state index in [4.69, 9.17) is 10.5 Å². The fourth-order valence-corrected chi connectivity index (χ4v) is 1.01. The molecule has 1 aromatic heterocycles. The highest BCUT2D eigenvalue weighted by Gasteiger charge is 2.16. The summed E-state index contributed by atoms with van der Waals surface area (Å²) < 4.78 is 5.18. The summed E-state index contributed by atoms with van der Waals surface area (Å²) in [5.74, 6) is -0.348. The van der Waals surface area contributed by atoms with Crippen molar-refractivity contribution in [3.63, 3.8) is 0 Å². The van der Waals surface area contributed by atoms with Crippen LogP contribution in [0.5, 0.6) is 5.75 Å². The molecule has 3 N–H and O–H groups in total. The van der Waals surface area contributed by atoms with E-state index in [9.17, 15) is 14.4 Å². The zero-order chi connectivity index (χ0) is 12.8. The summed E-state index contributed by atoms with van der Waals surface area (Å²) in [7, 11) is 0. The topological polar surface area (TPSA) is 111 Å². The van der Waals surface area contributed by atoms with Crippen molar-refractivity contribution in [1.29, 1.82) is 0 Å². The van der Waals surface area contributed by atoms with E-state index in [0.717, 1.165) is 0 Å². The van der Waals surface area contributed by atoms with Gasteiger partial charge in [0.1, 0.15) is 11.4 Å². The first-order chi connectivity index (χ1) is 8.02. The minimum atomic E-state index is -0.945. The number of ether oxygens (including phenoxy) is 1. The number of aromatic nitrogens is 1. The lowest BCUT2D eigenvalue weighted by molar-refractivity contribution is -0.126. The number of nitrogens with zero attached hydrogens (tertiary/aromatic N) is 1. The Bertz CT molecular complexity index is 430. The van der Waals surface area contributed by atoms with E-state index in [2.05, 4.69) is 4.98 Å². The molecule has 1 atom stereocenters. The third-order valence-electron chi connectivity index (χ3n) is 1.81. The second-order valence-electron chi connectivity index (χ2n) is 3.15. The number of hydrogen-bond acceptors (Lipinski definition) is 5. The molecule has 1 rings (SSSR count).